The molecule has 1 amide bonds. The molecular formula is C21H17N3O3S2. The predicted octanol–water partition coefficient (Wildman–Crippen LogP) is 4.27. The normalized spacial score (nSPS) is 11.5. The molecule has 0 radical (unpaired) electrons. The van der Waals surface area contributed by atoms with E-state index in [1.807, 2.05) is 37.3 Å². The van der Waals surface area contributed by atoms with E-state index >= 15 is 0 Å². The Kier molecular flexibility index (Phi) is 4.89. The van der Waals surface area contributed by atoms with Gasteiger partial charge in [0.15, 0.2) is 0 Å². The number of aryl methyl sites for hydroxylation is 1. The second kappa shape index (κ2) is 7.38. The molecule has 4 aromatic rings. The third-order valence-corrected chi connectivity index (χ3v) is 6.43. The number of sulfonamides is 1. The Labute approximate surface area is 172 Å². The van der Waals surface area contributed by atoms with Gasteiger partial charge in [0, 0.05) is 17.3 Å². The van der Waals surface area contributed by atoms with Gasteiger partial charge in [-0.05, 0) is 55.5 Å². The topological polar surface area (TPSA) is 80.2 Å². The first kappa shape index (κ1) is 19.2. The predicted molar refractivity (Wildman–Crippen MR) is 116 cm³/mol. The molecule has 3 aromatic heterocycles. The number of pyridine rings is 2. The van der Waals surface area contributed by atoms with Crippen molar-refractivity contribution in [3.05, 3.63) is 77.4 Å². The molecule has 0 aliphatic heterocycles. The highest BCUT2D eigenvalue weighted by Crippen LogP contribution is 2.30. The van der Waals surface area contributed by atoms with Gasteiger partial charge in [0.2, 0.25) is 10.0 Å². The van der Waals surface area contributed by atoms with Gasteiger partial charge in [-0.25, -0.2) is 12.7 Å². The number of nitrogens with zero attached hydrogens (tertiary/aromatic N) is 3. The van der Waals surface area contributed by atoms with E-state index < -0.39 is 15.9 Å². The van der Waals surface area contributed by atoms with E-state index in [0.717, 1.165) is 37.7 Å². The van der Waals surface area contributed by atoms with Crippen LogP contribution >= 0.6 is 11.3 Å². The lowest BCUT2D eigenvalue weighted by molar-refractivity contribution is 0.101. The summed E-state index contributed by atoms with van der Waals surface area (Å²) in [7, 11) is -3.84. The number of hydrogen-bond acceptors (Lipinski definition) is 6. The van der Waals surface area contributed by atoms with Crippen molar-refractivity contribution in [1.82, 2.24) is 9.97 Å². The second-order valence-electron chi connectivity index (χ2n) is 6.54. The van der Waals surface area contributed by atoms with Gasteiger partial charge in [0.25, 0.3) is 5.91 Å². The van der Waals surface area contributed by atoms with Crippen LogP contribution in [0.15, 0.2) is 66.9 Å². The molecule has 3 heterocycles. The monoisotopic (exact) mass is 423 g/mol. The van der Waals surface area contributed by atoms with Gasteiger partial charge in [0.05, 0.1) is 32.9 Å². The number of amides is 1. The van der Waals surface area contributed by atoms with E-state index in [0.29, 0.717) is 4.88 Å². The third-order valence-electron chi connectivity index (χ3n) is 4.30. The Hall–Kier alpha value is -3.10. The molecule has 0 bridgehead atoms. The van der Waals surface area contributed by atoms with E-state index in [4.69, 9.17) is 0 Å². The summed E-state index contributed by atoms with van der Waals surface area (Å²) in [4.78, 5) is 23.0. The van der Waals surface area contributed by atoms with Crippen molar-refractivity contribution in [2.75, 3.05) is 10.6 Å². The highest BCUT2D eigenvalue weighted by atomic mass is 32.2. The summed E-state index contributed by atoms with van der Waals surface area (Å²) in [6.07, 6.45) is 2.69. The molecule has 0 atom stereocenters. The Bertz CT molecular complexity index is 1320. The molecule has 29 heavy (non-hydrogen) atoms. The Morgan fingerprint density at radius 3 is 2.59 bits per heavy atom. The maximum Gasteiger partial charge on any atom is 0.282 e. The summed E-state index contributed by atoms with van der Waals surface area (Å²) in [5.74, 6) is -0.598. The molecule has 1 aromatic carbocycles. The zero-order valence-electron chi connectivity index (χ0n) is 15.7. The zero-order chi connectivity index (χ0) is 20.6. The molecule has 0 aliphatic rings. The highest BCUT2D eigenvalue weighted by Gasteiger charge is 2.28. The summed E-state index contributed by atoms with van der Waals surface area (Å²) >= 11 is 1.21. The third kappa shape index (κ3) is 3.90. The van der Waals surface area contributed by atoms with E-state index in [1.165, 1.54) is 11.3 Å². The zero-order valence-corrected chi connectivity index (χ0v) is 17.4. The van der Waals surface area contributed by atoms with Crippen molar-refractivity contribution in [3.63, 3.8) is 0 Å². The van der Waals surface area contributed by atoms with E-state index in [9.17, 15) is 13.2 Å². The SMILES string of the molecule is Cc1ccc2cc(N(C(=O)c3ccc(-c4ccccn4)s3)S(C)(=O)=O)ccc2n1. The largest absolute Gasteiger partial charge is 0.282 e. The van der Waals surface area contributed by atoms with Crippen LogP contribution in [0, 0.1) is 6.92 Å². The number of anilines is 1. The Morgan fingerprint density at radius 2 is 1.86 bits per heavy atom. The molecule has 0 unspecified atom stereocenters. The number of fused-ring (bicyclic) bond motifs is 1. The number of hydrogen-bond donors (Lipinski definition) is 0. The lowest BCUT2D eigenvalue weighted by atomic mass is 10.2. The molecular weight excluding hydrogens is 406 g/mol. The Balaban J connectivity index is 1.76. The van der Waals surface area contributed by atoms with Crippen LogP contribution in [0.5, 0.6) is 0 Å². The van der Waals surface area contributed by atoms with Gasteiger partial charge in [-0.3, -0.25) is 14.8 Å². The summed E-state index contributed by atoms with van der Waals surface area (Å²) in [5, 5.41) is 0.759. The van der Waals surface area contributed by atoms with Crippen LogP contribution in [-0.2, 0) is 10.0 Å². The van der Waals surface area contributed by atoms with Crippen molar-refractivity contribution in [2.24, 2.45) is 0 Å². The van der Waals surface area contributed by atoms with Crippen molar-refractivity contribution in [1.29, 1.82) is 0 Å². The maximum absolute atomic E-state index is 13.1. The van der Waals surface area contributed by atoms with Crippen LogP contribution in [0.1, 0.15) is 15.4 Å². The van der Waals surface area contributed by atoms with Crippen molar-refractivity contribution < 1.29 is 13.2 Å². The van der Waals surface area contributed by atoms with Gasteiger partial charge in [-0.15, -0.1) is 11.3 Å². The molecule has 0 aliphatic carbocycles. The fourth-order valence-corrected chi connectivity index (χ4v) is 4.87. The van der Waals surface area contributed by atoms with E-state index in [1.54, 1.807) is 36.5 Å². The molecule has 6 nitrogen and oxygen atoms in total. The minimum atomic E-state index is -3.84. The van der Waals surface area contributed by atoms with Crippen LogP contribution < -0.4 is 4.31 Å². The van der Waals surface area contributed by atoms with Crippen molar-refractivity contribution in [3.8, 4) is 10.6 Å². The van der Waals surface area contributed by atoms with Gasteiger partial charge in [-0.2, -0.15) is 0 Å². The van der Waals surface area contributed by atoms with Crippen LogP contribution in [0.4, 0.5) is 5.69 Å². The molecule has 8 heteroatoms. The first-order chi connectivity index (χ1) is 13.8. The summed E-state index contributed by atoms with van der Waals surface area (Å²) in [5.41, 5.74) is 2.61. The standard InChI is InChI=1S/C21H17N3O3S2/c1-14-6-7-15-13-16(8-9-17(15)23-14)24(29(2,26)27)21(25)20-11-10-19(28-20)18-5-3-4-12-22-18/h3-13H,1-2H3. The van der Waals surface area contributed by atoms with Crippen LogP contribution in [0.25, 0.3) is 21.5 Å². The van der Waals surface area contributed by atoms with Crippen molar-refractivity contribution in [2.45, 2.75) is 6.92 Å². The average molecular weight is 424 g/mol. The van der Waals surface area contributed by atoms with Gasteiger partial charge in [-0.1, -0.05) is 12.1 Å². The van der Waals surface area contributed by atoms with E-state index in [2.05, 4.69) is 9.97 Å². The van der Waals surface area contributed by atoms with Gasteiger partial charge < -0.3 is 0 Å². The molecule has 0 saturated heterocycles. The molecule has 146 valence electrons. The van der Waals surface area contributed by atoms with Crippen LogP contribution in [-0.4, -0.2) is 30.5 Å². The smallest absolute Gasteiger partial charge is 0.267 e. The highest BCUT2D eigenvalue weighted by molar-refractivity contribution is 7.92. The van der Waals surface area contributed by atoms with Gasteiger partial charge >= 0.3 is 0 Å². The first-order valence-corrected chi connectivity index (χ1v) is 11.4. The number of carbonyl (C=O) groups is 1. The maximum atomic E-state index is 13.1. The van der Waals surface area contributed by atoms with E-state index in [-0.39, 0.29) is 5.69 Å². The number of aromatic nitrogens is 2. The molecule has 0 fully saturated rings. The van der Waals surface area contributed by atoms with Gasteiger partial charge in [0.1, 0.15) is 0 Å². The summed E-state index contributed by atoms with van der Waals surface area (Å²) < 4.78 is 25.8. The lowest BCUT2D eigenvalue weighted by Crippen LogP contribution is -2.35. The van der Waals surface area contributed by atoms with Crippen LogP contribution in [0.2, 0.25) is 0 Å². The second-order valence-corrected chi connectivity index (χ2v) is 9.46. The number of rotatable bonds is 4. The number of thiophene rings is 1. The van der Waals surface area contributed by atoms with Crippen molar-refractivity contribution >= 4 is 43.9 Å². The fourth-order valence-electron chi connectivity index (χ4n) is 3.00. The fraction of sp³-hybridized carbons (Fsp3) is 0.0952. The number of carbonyl (C=O) groups excluding carboxylic acids is 1. The molecule has 0 saturated carbocycles. The quantitative estimate of drug-likeness (QED) is 0.490. The summed E-state index contributed by atoms with van der Waals surface area (Å²) in [6.45, 7) is 1.88. The number of benzene rings is 1. The first-order valence-electron chi connectivity index (χ1n) is 8.76. The molecule has 0 N–H and O–H groups in total. The summed E-state index contributed by atoms with van der Waals surface area (Å²) in [6, 6.07) is 17.6. The molecule has 4 rings (SSSR count). The molecule has 0 spiro atoms. The van der Waals surface area contributed by atoms with Crippen LogP contribution in [0.3, 0.4) is 0 Å². The minimum absolute atomic E-state index is 0.281. The lowest BCUT2D eigenvalue weighted by Gasteiger charge is -2.20. The average Bonchev–Trinajstić information content (AvgIpc) is 3.18. The Morgan fingerprint density at radius 1 is 1.03 bits per heavy atom. The minimum Gasteiger partial charge on any atom is -0.267 e.